The van der Waals surface area contributed by atoms with Gasteiger partial charge in [-0.3, -0.25) is 9.00 Å². The highest BCUT2D eigenvalue weighted by atomic mass is 35.5. The molecule has 0 saturated heterocycles. The Morgan fingerprint density at radius 2 is 1.90 bits per heavy atom. The fourth-order valence-corrected chi connectivity index (χ4v) is 2.49. The number of nitrogens with one attached hydrogen (secondary N) is 1. The highest BCUT2D eigenvalue weighted by Gasteiger charge is 2.14. The second-order valence-corrected chi connectivity index (χ2v) is 6.58. The molecule has 5 heteroatoms. The van der Waals surface area contributed by atoms with Gasteiger partial charge in [0.15, 0.2) is 5.78 Å². The Morgan fingerprint density at radius 3 is 2.57 bits per heavy atom. The number of benzene rings is 2. The molecule has 0 bridgehead atoms. The first kappa shape index (κ1) is 15.7. The average molecular weight is 322 g/mol. The summed E-state index contributed by atoms with van der Waals surface area (Å²) < 4.78 is 11.1. The second-order valence-electron chi connectivity index (χ2n) is 4.59. The molecule has 0 heterocycles. The smallest absolute Gasteiger partial charge is 0.195 e. The van der Waals surface area contributed by atoms with Gasteiger partial charge in [0.25, 0.3) is 0 Å². The van der Waals surface area contributed by atoms with Crippen LogP contribution >= 0.6 is 11.6 Å². The molecule has 110 valence electrons. The lowest BCUT2D eigenvalue weighted by molar-refractivity contribution is 0.103. The summed E-state index contributed by atoms with van der Waals surface area (Å²) >= 11 is 6.00. The third kappa shape index (κ3) is 4.41. The molecule has 0 aliphatic heterocycles. The van der Waals surface area contributed by atoms with Crippen LogP contribution in [0.3, 0.4) is 0 Å². The van der Waals surface area contributed by atoms with E-state index < -0.39 is 10.8 Å². The van der Waals surface area contributed by atoms with Crippen molar-refractivity contribution in [3.05, 3.63) is 64.7 Å². The van der Waals surface area contributed by atoms with Crippen molar-refractivity contribution in [2.24, 2.45) is 0 Å². The molecule has 21 heavy (non-hydrogen) atoms. The summed E-state index contributed by atoms with van der Waals surface area (Å²) in [6.45, 7) is 0.541. The minimum Gasteiger partial charge on any atom is -0.384 e. The summed E-state index contributed by atoms with van der Waals surface area (Å²) in [5.41, 5.74) is 1.84. The van der Waals surface area contributed by atoms with E-state index in [2.05, 4.69) is 5.32 Å². The molecule has 1 atom stereocenters. The minimum atomic E-state index is -0.870. The summed E-state index contributed by atoms with van der Waals surface area (Å²) in [6.07, 6.45) is 1.65. The van der Waals surface area contributed by atoms with Gasteiger partial charge < -0.3 is 5.32 Å². The van der Waals surface area contributed by atoms with Crippen LogP contribution in [-0.4, -0.2) is 28.5 Å². The first-order valence-electron chi connectivity index (χ1n) is 6.51. The third-order valence-electron chi connectivity index (χ3n) is 2.97. The minimum absolute atomic E-state index is 0.0850. The van der Waals surface area contributed by atoms with Gasteiger partial charge in [0, 0.05) is 51.2 Å². The monoisotopic (exact) mass is 321 g/mol. The molecule has 0 amide bonds. The standard InChI is InChI=1S/C16H16ClNO2S/c1-21(20)10-9-18-15-8-7-13(17)11-14(15)16(19)12-5-3-2-4-6-12/h2-8,11,18H,9-10H2,1H3. The van der Waals surface area contributed by atoms with Gasteiger partial charge >= 0.3 is 0 Å². The Morgan fingerprint density at radius 1 is 1.19 bits per heavy atom. The van der Waals surface area contributed by atoms with Crippen LogP contribution in [0.25, 0.3) is 0 Å². The van der Waals surface area contributed by atoms with Crippen LogP contribution in [0.4, 0.5) is 5.69 Å². The van der Waals surface area contributed by atoms with Crippen molar-refractivity contribution in [3.8, 4) is 0 Å². The molecule has 1 N–H and O–H groups in total. The molecule has 2 aromatic carbocycles. The van der Waals surface area contributed by atoms with Crippen molar-refractivity contribution >= 4 is 33.9 Å². The highest BCUT2D eigenvalue weighted by molar-refractivity contribution is 7.84. The molecule has 0 aliphatic rings. The Bertz CT molecular complexity index is 659. The molecule has 0 radical (unpaired) electrons. The fourth-order valence-electron chi connectivity index (χ4n) is 1.93. The maximum absolute atomic E-state index is 12.6. The highest BCUT2D eigenvalue weighted by Crippen LogP contribution is 2.23. The van der Waals surface area contributed by atoms with E-state index in [1.54, 1.807) is 36.6 Å². The van der Waals surface area contributed by atoms with Gasteiger partial charge in [-0.25, -0.2) is 0 Å². The van der Waals surface area contributed by atoms with Crippen LogP contribution in [-0.2, 0) is 10.8 Å². The van der Waals surface area contributed by atoms with E-state index in [9.17, 15) is 9.00 Å². The van der Waals surface area contributed by atoms with Gasteiger partial charge in [0.2, 0.25) is 0 Å². The summed E-state index contributed by atoms with van der Waals surface area (Å²) in [5, 5.41) is 3.66. The van der Waals surface area contributed by atoms with E-state index in [0.717, 1.165) is 0 Å². The van der Waals surface area contributed by atoms with E-state index in [-0.39, 0.29) is 5.78 Å². The number of anilines is 1. The average Bonchev–Trinajstić information content (AvgIpc) is 2.48. The first-order valence-corrected chi connectivity index (χ1v) is 8.61. The zero-order valence-corrected chi connectivity index (χ0v) is 13.2. The Hall–Kier alpha value is -1.65. The zero-order valence-electron chi connectivity index (χ0n) is 11.6. The quantitative estimate of drug-likeness (QED) is 0.830. The predicted octanol–water partition coefficient (Wildman–Crippen LogP) is 3.36. The van der Waals surface area contributed by atoms with E-state index in [4.69, 9.17) is 11.6 Å². The van der Waals surface area contributed by atoms with Crippen LogP contribution in [0.5, 0.6) is 0 Å². The number of hydrogen-bond acceptors (Lipinski definition) is 3. The molecular weight excluding hydrogens is 306 g/mol. The van der Waals surface area contributed by atoms with Crippen molar-refractivity contribution in [1.29, 1.82) is 0 Å². The number of halogens is 1. The van der Waals surface area contributed by atoms with Crippen molar-refractivity contribution in [2.45, 2.75) is 0 Å². The van der Waals surface area contributed by atoms with Gasteiger partial charge in [-0.05, 0) is 18.2 Å². The van der Waals surface area contributed by atoms with Gasteiger partial charge in [0.05, 0.1) is 0 Å². The Kier molecular flexibility index (Phi) is 5.53. The van der Waals surface area contributed by atoms with Crippen molar-refractivity contribution in [3.63, 3.8) is 0 Å². The summed E-state index contributed by atoms with van der Waals surface area (Å²) in [7, 11) is -0.870. The SMILES string of the molecule is CS(=O)CCNc1ccc(Cl)cc1C(=O)c1ccccc1. The van der Waals surface area contributed by atoms with E-state index in [1.807, 2.05) is 18.2 Å². The van der Waals surface area contributed by atoms with Crippen LogP contribution in [0.15, 0.2) is 48.5 Å². The van der Waals surface area contributed by atoms with E-state index in [1.165, 1.54) is 0 Å². The van der Waals surface area contributed by atoms with Crippen molar-refractivity contribution < 1.29 is 9.00 Å². The molecule has 2 aromatic rings. The summed E-state index contributed by atoms with van der Waals surface area (Å²) in [5.74, 6) is 0.444. The number of carbonyl (C=O) groups is 1. The molecule has 1 unspecified atom stereocenters. The zero-order chi connectivity index (χ0) is 15.2. The summed E-state index contributed by atoms with van der Waals surface area (Å²) in [6, 6.07) is 14.2. The van der Waals surface area contributed by atoms with Gasteiger partial charge in [-0.15, -0.1) is 0 Å². The van der Waals surface area contributed by atoms with Crippen LogP contribution in [0, 0.1) is 0 Å². The third-order valence-corrected chi connectivity index (χ3v) is 3.98. The van der Waals surface area contributed by atoms with E-state index >= 15 is 0 Å². The molecule has 2 rings (SSSR count). The van der Waals surface area contributed by atoms with Gasteiger partial charge in [0.1, 0.15) is 0 Å². The number of rotatable bonds is 6. The molecule has 3 nitrogen and oxygen atoms in total. The summed E-state index contributed by atoms with van der Waals surface area (Å²) in [4.78, 5) is 12.6. The molecule has 0 saturated carbocycles. The molecule has 0 spiro atoms. The van der Waals surface area contributed by atoms with Gasteiger partial charge in [-0.1, -0.05) is 41.9 Å². The maximum Gasteiger partial charge on any atom is 0.195 e. The normalized spacial score (nSPS) is 11.9. The Balaban J connectivity index is 2.27. The molecule has 0 aromatic heterocycles. The van der Waals surface area contributed by atoms with Crippen molar-refractivity contribution in [1.82, 2.24) is 0 Å². The number of hydrogen-bond donors (Lipinski definition) is 1. The lowest BCUT2D eigenvalue weighted by Gasteiger charge is -2.11. The lowest BCUT2D eigenvalue weighted by atomic mass is 10.0. The van der Waals surface area contributed by atoms with Crippen LogP contribution < -0.4 is 5.32 Å². The topological polar surface area (TPSA) is 46.2 Å². The first-order chi connectivity index (χ1) is 10.1. The van der Waals surface area contributed by atoms with Crippen molar-refractivity contribution in [2.75, 3.05) is 23.9 Å². The maximum atomic E-state index is 12.6. The van der Waals surface area contributed by atoms with Crippen LogP contribution in [0.1, 0.15) is 15.9 Å². The molecular formula is C16H16ClNO2S. The predicted molar refractivity (Wildman–Crippen MR) is 88.7 cm³/mol. The van der Waals surface area contributed by atoms with E-state index in [0.29, 0.717) is 34.1 Å². The van der Waals surface area contributed by atoms with Gasteiger partial charge in [-0.2, -0.15) is 0 Å². The van der Waals surface area contributed by atoms with Crippen LogP contribution in [0.2, 0.25) is 5.02 Å². The molecule has 0 fully saturated rings. The number of ketones is 1. The largest absolute Gasteiger partial charge is 0.384 e. The Labute approximate surface area is 131 Å². The fraction of sp³-hybridized carbons (Fsp3) is 0.188. The molecule has 0 aliphatic carbocycles. The second kappa shape index (κ2) is 7.38. The lowest BCUT2D eigenvalue weighted by Crippen LogP contribution is -2.13. The number of carbonyl (C=O) groups excluding carboxylic acids is 1.